The van der Waals surface area contributed by atoms with Gasteiger partial charge in [0.2, 0.25) is 0 Å². The highest BCUT2D eigenvalue weighted by atomic mass is 15.3. The topological polar surface area (TPSA) is 70.8 Å². The molecule has 11 heavy (non-hydrogen) atoms. The molecule has 1 aromatic heterocycles. The Balaban J connectivity index is 0.000000183. The van der Waals surface area contributed by atoms with Crippen LogP contribution in [0.15, 0.2) is 12.4 Å². The Morgan fingerprint density at radius 3 is 2.00 bits per heavy atom. The van der Waals surface area contributed by atoms with E-state index in [1.54, 1.807) is 12.4 Å². The first-order valence-electron chi connectivity index (χ1n) is 3.42. The average Bonchev–Trinajstić information content (AvgIpc) is 2.41. The van der Waals surface area contributed by atoms with Crippen molar-refractivity contribution < 1.29 is 0 Å². The smallest absolute Gasteiger partial charge is 0.0690 e. The van der Waals surface area contributed by atoms with Crippen molar-refractivity contribution in [1.29, 1.82) is 0 Å². The molecule has 1 aromatic rings. The van der Waals surface area contributed by atoms with Crippen LogP contribution < -0.4 is 5.73 Å². The number of H-pyrrole nitrogens is 1. The van der Waals surface area contributed by atoms with E-state index in [-0.39, 0.29) is 0 Å². The molecule has 0 saturated heterocycles. The van der Waals surface area contributed by atoms with Gasteiger partial charge >= 0.3 is 0 Å². The molecule has 1 rings (SSSR count). The summed E-state index contributed by atoms with van der Waals surface area (Å²) in [6, 6.07) is 0. The fourth-order valence-corrected chi connectivity index (χ4v) is 0.425. The van der Waals surface area contributed by atoms with Gasteiger partial charge in [-0.25, -0.2) is 0 Å². The highest BCUT2D eigenvalue weighted by Gasteiger charge is 1.79. The lowest BCUT2D eigenvalue weighted by atomic mass is 10.6. The van der Waals surface area contributed by atoms with Crippen LogP contribution in [0, 0.1) is 0 Å². The largest absolute Gasteiger partial charge is 0.329 e. The zero-order valence-electron chi connectivity index (χ0n) is 6.99. The molecule has 0 unspecified atom stereocenters. The third kappa shape index (κ3) is 9.06. The van der Waals surface area contributed by atoms with Crippen LogP contribution in [0.4, 0.5) is 0 Å². The lowest BCUT2D eigenvalue weighted by molar-refractivity contribution is 0.420. The summed E-state index contributed by atoms with van der Waals surface area (Å²) < 4.78 is 0. The van der Waals surface area contributed by atoms with E-state index in [0.29, 0.717) is 0 Å². The van der Waals surface area contributed by atoms with Crippen LogP contribution in [0.2, 0.25) is 0 Å². The SMILES string of the molecule is CN(C)CCN.c1cn[nH]n1. The molecule has 0 aromatic carbocycles. The summed E-state index contributed by atoms with van der Waals surface area (Å²) in [6.45, 7) is 1.74. The van der Waals surface area contributed by atoms with Crippen molar-refractivity contribution in [2.45, 2.75) is 0 Å². The zero-order valence-corrected chi connectivity index (χ0v) is 6.99. The van der Waals surface area contributed by atoms with Gasteiger partial charge in [-0.3, -0.25) is 0 Å². The van der Waals surface area contributed by atoms with E-state index in [0.717, 1.165) is 13.1 Å². The quantitative estimate of drug-likeness (QED) is 0.596. The van der Waals surface area contributed by atoms with Gasteiger partial charge in [-0.1, -0.05) is 0 Å². The van der Waals surface area contributed by atoms with Crippen LogP contribution in [-0.2, 0) is 0 Å². The Bertz CT molecular complexity index is 119. The minimum atomic E-state index is 0.757. The first-order valence-corrected chi connectivity index (χ1v) is 3.42. The molecule has 0 aliphatic heterocycles. The number of aromatic amines is 1. The normalized spacial score (nSPS) is 9.09. The molecule has 1 heterocycles. The number of nitrogens with one attached hydrogen (secondary N) is 1. The van der Waals surface area contributed by atoms with Crippen molar-refractivity contribution in [2.24, 2.45) is 5.73 Å². The summed E-state index contributed by atoms with van der Waals surface area (Å²) in [4.78, 5) is 2.06. The molecule has 0 aliphatic carbocycles. The summed E-state index contributed by atoms with van der Waals surface area (Å²) >= 11 is 0. The molecular formula is C6H15N5. The number of likely N-dealkylation sites (N-methyl/N-ethyl adjacent to an activating group) is 1. The summed E-state index contributed by atoms with van der Waals surface area (Å²) in [6.07, 6.45) is 3.17. The van der Waals surface area contributed by atoms with Crippen molar-refractivity contribution in [3.05, 3.63) is 12.4 Å². The second-order valence-corrected chi connectivity index (χ2v) is 2.25. The first kappa shape index (κ1) is 10.1. The van der Waals surface area contributed by atoms with Crippen LogP contribution in [-0.4, -0.2) is 47.5 Å². The number of rotatable bonds is 2. The standard InChI is InChI=1S/C4H12N2.C2H3N3/c1-6(2)4-3-5;1-2-4-5-3-1/h3-5H2,1-2H3;1-2H,(H,3,4,5). The maximum Gasteiger partial charge on any atom is 0.0690 e. The van der Waals surface area contributed by atoms with Gasteiger partial charge in [-0.15, -0.1) is 0 Å². The molecule has 64 valence electrons. The number of nitrogens with two attached hydrogens (primary N) is 1. The maximum absolute atomic E-state index is 5.19. The average molecular weight is 157 g/mol. The number of aromatic nitrogens is 3. The molecule has 0 spiro atoms. The van der Waals surface area contributed by atoms with Crippen LogP contribution >= 0.6 is 0 Å². The van der Waals surface area contributed by atoms with Crippen molar-refractivity contribution >= 4 is 0 Å². The van der Waals surface area contributed by atoms with Gasteiger partial charge in [0, 0.05) is 13.1 Å². The maximum atomic E-state index is 5.19. The highest BCUT2D eigenvalue weighted by molar-refractivity contribution is 4.54. The minimum absolute atomic E-state index is 0.757. The second kappa shape index (κ2) is 7.17. The fraction of sp³-hybridized carbons (Fsp3) is 0.667. The lowest BCUT2D eigenvalue weighted by Crippen LogP contribution is -2.20. The van der Waals surface area contributed by atoms with Gasteiger partial charge in [0.05, 0.1) is 12.4 Å². The fourth-order valence-electron chi connectivity index (χ4n) is 0.425. The molecule has 0 radical (unpaired) electrons. The van der Waals surface area contributed by atoms with E-state index < -0.39 is 0 Å². The van der Waals surface area contributed by atoms with Crippen LogP contribution in [0.3, 0.4) is 0 Å². The van der Waals surface area contributed by atoms with Crippen LogP contribution in [0.5, 0.6) is 0 Å². The van der Waals surface area contributed by atoms with Crippen LogP contribution in [0.25, 0.3) is 0 Å². The Labute approximate surface area is 66.6 Å². The Morgan fingerprint density at radius 1 is 1.36 bits per heavy atom. The summed E-state index contributed by atoms with van der Waals surface area (Å²) in [5.74, 6) is 0. The van der Waals surface area contributed by atoms with Gasteiger partial charge in [0.15, 0.2) is 0 Å². The minimum Gasteiger partial charge on any atom is -0.329 e. The number of hydrogen-bond acceptors (Lipinski definition) is 4. The zero-order chi connectivity index (χ0) is 8.53. The van der Waals surface area contributed by atoms with E-state index in [2.05, 4.69) is 20.3 Å². The molecular weight excluding hydrogens is 142 g/mol. The van der Waals surface area contributed by atoms with Crippen LogP contribution in [0.1, 0.15) is 0 Å². The van der Waals surface area contributed by atoms with Gasteiger partial charge in [-0.2, -0.15) is 15.4 Å². The summed E-state index contributed by atoms with van der Waals surface area (Å²) in [5, 5.41) is 9.33. The third-order valence-electron chi connectivity index (χ3n) is 0.908. The Kier molecular flexibility index (Phi) is 6.56. The second-order valence-electron chi connectivity index (χ2n) is 2.25. The molecule has 0 saturated carbocycles. The highest BCUT2D eigenvalue weighted by Crippen LogP contribution is 1.64. The molecule has 0 fully saturated rings. The Hall–Kier alpha value is -0.940. The van der Waals surface area contributed by atoms with Crippen molar-refractivity contribution in [3.8, 4) is 0 Å². The molecule has 0 atom stereocenters. The van der Waals surface area contributed by atoms with Crippen molar-refractivity contribution in [2.75, 3.05) is 27.2 Å². The molecule has 0 bridgehead atoms. The molecule has 0 amide bonds. The van der Waals surface area contributed by atoms with Crippen molar-refractivity contribution in [3.63, 3.8) is 0 Å². The predicted octanol–water partition coefficient (Wildman–Crippen LogP) is -0.689. The molecule has 3 N–H and O–H groups in total. The number of nitrogens with zero attached hydrogens (tertiary/aromatic N) is 3. The Morgan fingerprint density at radius 2 is 1.91 bits per heavy atom. The van der Waals surface area contributed by atoms with E-state index in [1.807, 2.05) is 14.1 Å². The van der Waals surface area contributed by atoms with Gasteiger partial charge < -0.3 is 10.6 Å². The lowest BCUT2D eigenvalue weighted by Gasteiger charge is -2.03. The monoisotopic (exact) mass is 157 g/mol. The van der Waals surface area contributed by atoms with E-state index in [4.69, 9.17) is 5.73 Å². The van der Waals surface area contributed by atoms with E-state index >= 15 is 0 Å². The van der Waals surface area contributed by atoms with Gasteiger partial charge in [0.1, 0.15) is 0 Å². The number of hydrogen-bond donors (Lipinski definition) is 2. The van der Waals surface area contributed by atoms with Gasteiger partial charge in [-0.05, 0) is 14.1 Å². The molecule has 5 heteroatoms. The summed E-state index contributed by atoms with van der Waals surface area (Å²) in [7, 11) is 4.01. The molecule has 0 aliphatic rings. The molecule has 5 nitrogen and oxygen atoms in total. The van der Waals surface area contributed by atoms with E-state index in [9.17, 15) is 0 Å². The van der Waals surface area contributed by atoms with E-state index in [1.165, 1.54) is 0 Å². The van der Waals surface area contributed by atoms with Crippen molar-refractivity contribution in [1.82, 2.24) is 20.3 Å². The third-order valence-corrected chi connectivity index (χ3v) is 0.908. The first-order chi connectivity index (χ1) is 5.27. The van der Waals surface area contributed by atoms with Gasteiger partial charge in [0.25, 0.3) is 0 Å². The predicted molar refractivity (Wildman–Crippen MR) is 44.0 cm³/mol. The summed E-state index contributed by atoms with van der Waals surface area (Å²) in [5.41, 5.74) is 5.19.